The number of amides is 2. The highest BCUT2D eigenvalue weighted by atomic mass is 16.4. The molecule has 7 heteroatoms. The predicted octanol–water partition coefficient (Wildman–Crippen LogP) is 1.86. The lowest BCUT2D eigenvalue weighted by Gasteiger charge is -2.09. The normalized spacial score (nSPS) is 10.0. The predicted molar refractivity (Wildman–Crippen MR) is 89.7 cm³/mol. The molecule has 0 aliphatic carbocycles. The van der Waals surface area contributed by atoms with Crippen LogP contribution >= 0.6 is 0 Å². The second-order valence-corrected chi connectivity index (χ2v) is 5.21. The van der Waals surface area contributed by atoms with Crippen molar-refractivity contribution < 1.29 is 19.5 Å². The molecule has 0 atom stereocenters. The first-order valence-electron chi connectivity index (χ1n) is 7.14. The Morgan fingerprint density at radius 3 is 2.29 bits per heavy atom. The molecule has 2 aromatic rings. The van der Waals surface area contributed by atoms with Crippen LogP contribution in [-0.4, -0.2) is 22.9 Å². The van der Waals surface area contributed by atoms with Crippen LogP contribution < -0.4 is 16.4 Å². The SMILES string of the molecule is CC(=O)Nc1cc(N)cc(C(=O)NCc2ccc(C(=O)O)cc2)c1. The Balaban J connectivity index is 2.05. The Morgan fingerprint density at radius 1 is 1.04 bits per heavy atom. The number of nitrogens with one attached hydrogen (secondary N) is 2. The van der Waals surface area contributed by atoms with Gasteiger partial charge in [-0.25, -0.2) is 4.79 Å². The molecule has 124 valence electrons. The molecular formula is C17H17N3O4. The number of carbonyl (C=O) groups excluding carboxylic acids is 2. The fourth-order valence-electron chi connectivity index (χ4n) is 2.11. The number of hydrogen-bond acceptors (Lipinski definition) is 4. The van der Waals surface area contributed by atoms with Crippen molar-refractivity contribution in [3.63, 3.8) is 0 Å². The summed E-state index contributed by atoms with van der Waals surface area (Å²) < 4.78 is 0. The highest BCUT2D eigenvalue weighted by Gasteiger charge is 2.09. The number of hydrogen-bond donors (Lipinski definition) is 4. The first kappa shape index (κ1) is 17.0. The van der Waals surface area contributed by atoms with Gasteiger partial charge in [0.05, 0.1) is 5.56 Å². The number of carboxylic acid groups (broad SMARTS) is 1. The first-order valence-corrected chi connectivity index (χ1v) is 7.14. The summed E-state index contributed by atoms with van der Waals surface area (Å²) in [4.78, 5) is 34.1. The lowest BCUT2D eigenvalue weighted by atomic mass is 10.1. The van der Waals surface area contributed by atoms with Crippen molar-refractivity contribution in [1.29, 1.82) is 0 Å². The first-order chi connectivity index (χ1) is 11.3. The van der Waals surface area contributed by atoms with Crippen molar-refractivity contribution in [3.05, 3.63) is 59.2 Å². The Kier molecular flexibility index (Phi) is 5.16. The number of rotatable bonds is 5. The van der Waals surface area contributed by atoms with Crippen LogP contribution in [0.25, 0.3) is 0 Å². The van der Waals surface area contributed by atoms with Crippen LogP contribution in [0.15, 0.2) is 42.5 Å². The number of nitrogen functional groups attached to an aromatic ring is 1. The maximum atomic E-state index is 12.2. The van der Waals surface area contributed by atoms with E-state index in [-0.39, 0.29) is 23.9 Å². The summed E-state index contributed by atoms with van der Waals surface area (Å²) in [6.45, 7) is 1.60. The van der Waals surface area contributed by atoms with Crippen molar-refractivity contribution in [3.8, 4) is 0 Å². The third kappa shape index (κ3) is 4.57. The Labute approximate surface area is 138 Å². The van der Waals surface area contributed by atoms with Gasteiger partial charge in [-0.3, -0.25) is 9.59 Å². The molecule has 0 heterocycles. The molecule has 0 saturated carbocycles. The van der Waals surface area contributed by atoms with E-state index in [1.807, 2.05) is 0 Å². The van der Waals surface area contributed by atoms with Crippen molar-refractivity contribution >= 4 is 29.2 Å². The third-order valence-corrected chi connectivity index (χ3v) is 3.19. The highest BCUT2D eigenvalue weighted by molar-refractivity contribution is 5.98. The summed E-state index contributed by atoms with van der Waals surface area (Å²) in [7, 11) is 0. The molecule has 0 radical (unpaired) electrons. The van der Waals surface area contributed by atoms with Crippen LogP contribution in [0.3, 0.4) is 0 Å². The monoisotopic (exact) mass is 327 g/mol. The summed E-state index contributed by atoms with van der Waals surface area (Å²) in [5.74, 6) is -1.61. The van der Waals surface area contributed by atoms with Crippen molar-refractivity contribution in [2.45, 2.75) is 13.5 Å². The molecule has 0 saturated heterocycles. The van der Waals surface area contributed by atoms with E-state index < -0.39 is 5.97 Å². The van der Waals surface area contributed by atoms with Gasteiger partial charge in [-0.2, -0.15) is 0 Å². The zero-order valence-corrected chi connectivity index (χ0v) is 13.0. The summed E-state index contributed by atoms with van der Waals surface area (Å²) in [6, 6.07) is 10.8. The maximum absolute atomic E-state index is 12.2. The van der Waals surface area contributed by atoms with Gasteiger partial charge >= 0.3 is 5.97 Å². The molecule has 0 aromatic heterocycles. The van der Waals surface area contributed by atoms with Gasteiger partial charge in [0.15, 0.2) is 0 Å². The quantitative estimate of drug-likeness (QED) is 0.624. The second-order valence-electron chi connectivity index (χ2n) is 5.21. The Morgan fingerprint density at radius 2 is 1.71 bits per heavy atom. The second kappa shape index (κ2) is 7.28. The Hall–Kier alpha value is -3.35. The lowest BCUT2D eigenvalue weighted by Crippen LogP contribution is -2.23. The van der Waals surface area contributed by atoms with E-state index in [4.69, 9.17) is 10.8 Å². The van der Waals surface area contributed by atoms with Gasteiger partial charge in [0, 0.05) is 30.4 Å². The molecule has 0 aliphatic heterocycles. The van der Waals surface area contributed by atoms with E-state index in [2.05, 4.69) is 10.6 Å². The number of nitrogens with two attached hydrogens (primary N) is 1. The van der Waals surface area contributed by atoms with Crippen LogP contribution in [0.4, 0.5) is 11.4 Å². The minimum atomic E-state index is -1.00. The lowest BCUT2D eigenvalue weighted by molar-refractivity contribution is -0.114. The van der Waals surface area contributed by atoms with Gasteiger partial charge in [0.2, 0.25) is 5.91 Å². The molecule has 2 aromatic carbocycles. The Bertz CT molecular complexity index is 785. The van der Waals surface area contributed by atoms with Gasteiger partial charge < -0.3 is 21.5 Å². The molecule has 0 fully saturated rings. The molecule has 0 aliphatic rings. The summed E-state index contributed by atoms with van der Waals surface area (Å²) >= 11 is 0. The van der Waals surface area contributed by atoms with Crippen LogP contribution in [0.5, 0.6) is 0 Å². The largest absolute Gasteiger partial charge is 0.478 e. The number of carboxylic acids is 1. The number of carbonyl (C=O) groups is 3. The smallest absolute Gasteiger partial charge is 0.335 e. The number of aromatic carboxylic acids is 1. The zero-order chi connectivity index (χ0) is 17.7. The van der Waals surface area contributed by atoms with Gasteiger partial charge in [-0.05, 0) is 35.9 Å². The van der Waals surface area contributed by atoms with Gasteiger partial charge in [-0.1, -0.05) is 12.1 Å². The highest BCUT2D eigenvalue weighted by Crippen LogP contribution is 2.17. The van der Waals surface area contributed by atoms with Crippen molar-refractivity contribution in [1.82, 2.24) is 5.32 Å². The molecule has 0 spiro atoms. The maximum Gasteiger partial charge on any atom is 0.335 e. The zero-order valence-electron chi connectivity index (χ0n) is 13.0. The standard InChI is InChI=1S/C17H17N3O4/c1-10(21)20-15-7-13(6-14(18)8-15)16(22)19-9-11-2-4-12(5-3-11)17(23)24/h2-8H,9,18H2,1H3,(H,19,22)(H,20,21)(H,23,24). The van der Waals surface area contributed by atoms with Crippen LogP contribution in [-0.2, 0) is 11.3 Å². The fourth-order valence-corrected chi connectivity index (χ4v) is 2.11. The fraction of sp³-hybridized carbons (Fsp3) is 0.118. The van der Waals surface area contributed by atoms with Crippen molar-refractivity contribution in [2.24, 2.45) is 0 Å². The van der Waals surface area contributed by atoms with E-state index in [1.165, 1.54) is 31.2 Å². The minimum Gasteiger partial charge on any atom is -0.478 e. The van der Waals surface area contributed by atoms with Crippen molar-refractivity contribution in [2.75, 3.05) is 11.1 Å². The van der Waals surface area contributed by atoms with E-state index >= 15 is 0 Å². The molecule has 7 nitrogen and oxygen atoms in total. The van der Waals surface area contributed by atoms with E-state index in [9.17, 15) is 14.4 Å². The van der Waals surface area contributed by atoms with E-state index in [1.54, 1.807) is 18.2 Å². The number of anilines is 2. The molecule has 5 N–H and O–H groups in total. The summed E-state index contributed by atoms with van der Waals surface area (Å²) in [6.07, 6.45) is 0. The molecule has 2 amide bonds. The summed E-state index contributed by atoms with van der Waals surface area (Å²) in [5, 5.41) is 14.1. The molecule has 0 unspecified atom stereocenters. The van der Waals surface area contributed by atoms with Gasteiger partial charge in [0.1, 0.15) is 0 Å². The van der Waals surface area contributed by atoms with Crippen LogP contribution in [0, 0.1) is 0 Å². The molecule has 2 rings (SSSR count). The topological polar surface area (TPSA) is 122 Å². The van der Waals surface area contributed by atoms with Crippen LogP contribution in [0.2, 0.25) is 0 Å². The average molecular weight is 327 g/mol. The van der Waals surface area contributed by atoms with Gasteiger partial charge in [-0.15, -0.1) is 0 Å². The third-order valence-electron chi connectivity index (χ3n) is 3.19. The average Bonchev–Trinajstić information content (AvgIpc) is 2.51. The molecule has 24 heavy (non-hydrogen) atoms. The van der Waals surface area contributed by atoms with Crippen LogP contribution in [0.1, 0.15) is 33.2 Å². The molecular weight excluding hydrogens is 310 g/mol. The van der Waals surface area contributed by atoms with E-state index in [0.29, 0.717) is 16.9 Å². The minimum absolute atomic E-state index is 0.181. The van der Waals surface area contributed by atoms with E-state index in [0.717, 1.165) is 5.56 Å². The molecule has 0 bridgehead atoms. The number of benzene rings is 2. The van der Waals surface area contributed by atoms with Gasteiger partial charge in [0.25, 0.3) is 5.91 Å². The summed E-state index contributed by atoms with van der Waals surface area (Å²) in [5.41, 5.74) is 7.80.